The topological polar surface area (TPSA) is 79.2 Å². The lowest BCUT2D eigenvalue weighted by molar-refractivity contribution is -0.0258. The average molecular weight is 436 g/mol. The molecule has 1 aliphatic rings. The van der Waals surface area contributed by atoms with Gasteiger partial charge in [0.05, 0.1) is 38.5 Å². The van der Waals surface area contributed by atoms with E-state index >= 15 is 0 Å². The molecule has 2 atom stereocenters. The van der Waals surface area contributed by atoms with Gasteiger partial charge in [-0.3, -0.25) is 4.90 Å². The Labute approximate surface area is 187 Å². The zero-order chi connectivity index (χ0) is 22.7. The minimum atomic E-state index is -0.659. The molecule has 2 N–H and O–H groups in total. The van der Waals surface area contributed by atoms with Crippen LogP contribution in [0.15, 0.2) is 30.3 Å². The number of aliphatic hydroxyl groups is 2. The van der Waals surface area contributed by atoms with Crippen molar-refractivity contribution in [3.8, 4) is 0 Å². The van der Waals surface area contributed by atoms with Crippen molar-refractivity contribution in [2.75, 3.05) is 19.8 Å². The molecule has 1 aromatic rings. The van der Waals surface area contributed by atoms with Crippen LogP contribution in [0.2, 0.25) is 0 Å². The number of nitrogens with zero attached hydrogens (tertiary/aromatic N) is 1. The molecule has 2 rings (SSSR count). The Morgan fingerprint density at radius 2 is 1.84 bits per heavy atom. The first-order chi connectivity index (χ1) is 14.8. The molecule has 0 aromatic heterocycles. The smallest absolute Gasteiger partial charge is 0.410 e. The van der Waals surface area contributed by atoms with Crippen molar-refractivity contribution in [2.24, 2.45) is 5.92 Å². The molecule has 0 radical (unpaired) electrons. The van der Waals surface area contributed by atoms with Gasteiger partial charge in [0.1, 0.15) is 5.60 Å². The first-order valence-corrected chi connectivity index (χ1v) is 11.7. The Morgan fingerprint density at radius 1 is 1.16 bits per heavy atom. The second-order valence-electron chi connectivity index (χ2n) is 9.71. The normalized spacial score (nSPS) is 17.2. The van der Waals surface area contributed by atoms with Gasteiger partial charge < -0.3 is 19.7 Å². The van der Waals surface area contributed by atoms with Crippen LogP contribution in [0, 0.1) is 5.92 Å². The Morgan fingerprint density at radius 3 is 2.45 bits per heavy atom. The van der Waals surface area contributed by atoms with Crippen LogP contribution >= 0.6 is 0 Å². The molecule has 31 heavy (non-hydrogen) atoms. The third-order valence-corrected chi connectivity index (χ3v) is 5.74. The van der Waals surface area contributed by atoms with E-state index in [2.05, 4.69) is 0 Å². The Bertz CT molecular complexity index is 625. The molecule has 6 heteroatoms. The fourth-order valence-corrected chi connectivity index (χ4v) is 4.04. The molecule has 1 aliphatic carbocycles. The Hall–Kier alpha value is -1.63. The highest BCUT2D eigenvalue weighted by molar-refractivity contribution is 5.68. The third kappa shape index (κ3) is 10.0. The first-order valence-electron chi connectivity index (χ1n) is 11.7. The first kappa shape index (κ1) is 25.6. The van der Waals surface area contributed by atoms with E-state index in [9.17, 15) is 15.0 Å². The highest BCUT2D eigenvalue weighted by Gasteiger charge is 2.30. The fraction of sp³-hybridized carbons (Fsp3) is 0.720. The number of amides is 1. The lowest BCUT2D eigenvalue weighted by atomic mass is 9.85. The summed E-state index contributed by atoms with van der Waals surface area (Å²) in [5.74, 6) is 0.668. The quantitative estimate of drug-likeness (QED) is 0.534. The predicted octanol–water partition coefficient (Wildman–Crippen LogP) is 4.52. The summed E-state index contributed by atoms with van der Waals surface area (Å²) in [5, 5.41) is 20.6. The van der Waals surface area contributed by atoms with Gasteiger partial charge in [-0.1, -0.05) is 62.4 Å². The molecular formula is C25H41NO5. The second-order valence-corrected chi connectivity index (χ2v) is 9.71. The number of hydrogen-bond donors (Lipinski definition) is 2. The molecule has 0 bridgehead atoms. The zero-order valence-corrected chi connectivity index (χ0v) is 19.5. The number of benzene rings is 1. The third-order valence-electron chi connectivity index (χ3n) is 5.74. The molecule has 0 aliphatic heterocycles. The number of rotatable bonds is 11. The van der Waals surface area contributed by atoms with E-state index in [0.717, 1.165) is 12.0 Å². The SMILES string of the molecule is CC(C)(C)OC(=O)N(CC(O)CCC1CCCCC1)C(CO)COCc1ccccc1. The van der Waals surface area contributed by atoms with Gasteiger partial charge in [0.25, 0.3) is 0 Å². The summed E-state index contributed by atoms with van der Waals surface area (Å²) >= 11 is 0. The number of hydrogen-bond acceptors (Lipinski definition) is 5. The van der Waals surface area contributed by atoms with Crippen LogP contribution in [0.1, 0.15) is 71.3 Å². The monoisotopic (exact) mass is 435 g/mol. The van der Waals surface area contributed by atoms with E-state index in [4.69, 9.17) is 9.47 Å². The second kappa shape index (κ2) is 13.0. The zero-order valence-electron chi connectivity index (χ0n) is 19.5. The standard InChI is InChI=1S/C25H41NO5/c1-25(2,3)31-24(29)26(16-23(28)15-14-20-10-6-4-7-11-20)22(17-27)19-30-18-21-12-8-5-9-13-21/h5,8-9,12-13,20,22-23,27-28H,4,6-7,10-11,14-19H2,1-3H3. The van der Waals surface area contributed by atoms with Gasteiger partial charge in [0, 0.05) is 0 Å². The maximum atomic E-state index is 12.9. The molecule has 176 valence electrons. The average Bonchev–Trinajstić information content (AvgIpc) is 2.74. The maximum absolute atomic E-state index is 12.9. The summed E-state index contributed by atoms with van der Waals surface area (Å²) in [7, 11) is 0. The Kier molecular flexibility index (Phi) is 10.8. The van der Waals surface area contributed by atoms with E-state index < -0.39 is 23.8 Å². The maximum Gasteiger partial charge on any atom is 0.410 e. The van der Waals surface area contributed by atoms with E-state index in [0.29, 0.717) is 18.9 Å². The van der Waals surface area contributed by atoms with E-state index in [1.807, 2.05) is 51.1 Å². The predicted molar refractivity (Wildman–Crippen MR) is 122 cm³/mol. The summed E-state index contributed by atoms with van der Waals surface area (Å²) in [5.41, 5.74) is 0.364. The van der Waals surface area contributed by atoms with Crippen LogP contribution in [0.3, 0.4) is 0 Å². The van der Waals surface area contributed by atoms with Gasteiger partial charge in [-0.05, 0) is 45.1 Å². The van der Waals surface area contributed by atoms with Gasteiger partial charge in [0.2, 0.25) is 0 Å². The molecule has 0 saturated heterocycles. The summed E-state index contributed by atoms with van der Waals surface area (Å²) < 4.78 is 11.3. The highest BCUT2D eigenvalue weighted by atomic mass is 16.6. The lowest BCUT2D eigenvalue weighted by Crippen LogP contribution is -2.50. The minimum absolute atomic E-state index is 0.127. The van der Waals surface area contributed by atoms with Crippen LogP contribution in [0.4, 0.5) is 4.79 Å². The lowest BCUT2D eigenvalue weighted by Gasteiger charge is -2.34. The Balaban J connectivity index is 1.94. The summed E-state index contributed by atoms with van der Waals surface area (Å²) in [6, 6.07) is 9.18. The van der Waals surface area contributed by atoms with Crippen molar-refractivity contribution < 1.29 is 24.5 Å². The number of aliphatic hydroxyl groups excluding tert-OH is 2. The number of ether oxygens (including phenoxy) is 2. The molecule has 6 nitrogen and oxygen atoms in total. The van der Waals surface area contributed by atoms with E-state index in [-0.39, 0.29) is 19.8 Å². The van der Waals surface area contributed by atoms with Gasteiger partial charge in [0.15, 0.2) is 0 Å². The van der Waals surface area contributed by atoms with Crippen molar-refractivity contribution in [2.45, 2.75) is 90.1 Å². The van der Waals surface area contributed by atoms with Crippen molar-refractivity contribution in [3.05, 3.63) is 35.9 Å². The summed E-state index contributed by atoms with van der Waals surface area (Å²) in [6.45, 7) is 5.85. The van der Waals surface area contributed by atoms with Crippen molar-refractivity contribution in [1.82, 2.24) is 4.90 Å². The van der Waals surface area contributed by atoms with Crippen molar-refractivity contribution >= 4 is 6.09 Å². The van der Waals surface area contributed by atoms with Crippen molar-refractivity contribution in [3.63, 3.8) is 0 Å². The van der Waals surface area contributed by atoms with Gasteiger partial charge in [-0.15, -0.1) is 0 Å². The molecular weight excluding hydrogens is 394 g/mol. The van der Waals surface area contributed by atoms with Crippen LogP contribution in [0.25, 0.3) is 0 Å². The molecule has 1 amide bonds. The van der Waals surface area contributed by atoms with Crippen LogP contribution in [-0.2, 0) is 16.1 Å². The molecule has 1 aromatic carbocycles. The highest BCUT2D eigenvalue weighted by Crippen LogP contribution is 2.28. The van der Waals surface area contributed by atoms with Gasteiger partial charge in [-0.25, -0.2) is 4.79 Å². The molecule has 1 fully saturated rings. The van der Waals surface area contributed by atoms with Gasteiger partial charge >= 0.3 is 6.09 Å². The van der Waals surface area contributed by atoms with Crippen LogP contribution in [-0.4, -0.2) is 58.7 Å². The van der Waals surface area contributed by atoms with E-state index in [1.165, 1.54) is 37.0 Å². The van der Waals surface area contributed by atoms with Crippen LogP contribution < -0.4 is 0 Å². The molecule has 2 unspecified atom stereocenters. The largest absolute Gasteiger partial charge is 0.444 e. The molecule has 1 saturated carbocycles. The molecule has 0 spiro atoms. The van der Waals surface area contributed by atoms with E-state index in [1.54, 1.807) is 0 Å². The fourth-order valence-electron chi connectivity index (χ4n) is 4.04. The number of carbonyl (C=O) groups is 1. The summed E-state index contributed by atoms with van der Waals surface area (Å²) in [6.07, 6.45) is 6.75. The summed E-state index contributed by atoms with van der Waals surface area (Å²) in [4.78, 5) is 14.3. The van der Waals surface area contributed by atoms with Crippen molar-refractivity contribution in [1.29, 1.82) is 0 Å². The minimum Gasteiger partial charge on any atom is -0.444 e. The van der Waals surface area contributed by atoms with Gasteiger partial charge in [-0.2, -0.15) is 0 Å². The molecule has 0 heterocycles. The van der Waals surface area contributed by atoms with Crippen LogP contribution in [0.5, 0.6) is 0 Å². The number of carbonyl (C=O) groups excluding carboxylic acids is 1.